The standard InChI is InChI=1S/C18H16ClNO2/c1-11-6-14(7-12(2)16(11)10-20)18(21)8-13-4-5-15(22-3)9-17(13)19/h4-7,9H,8H2,1-3H3. The van der Waals surface area contributed by atoms with Gasteiger partial charge in [0.1, 0.15) is 5.75 Å². The molecule has 0 atom stereocenters. The first-order chi connectivity index (χ1) is 10.5. The Balaban J connectivity index is 2.28. The number of hydrogen-bond acceptors (Lipinski definition) is 3. The van der Waals surface area contributed by atoms with Crippen LogP contribution in [0.3, 0.4) is 0 Å². The fourth-order valence-corrected chi connectivity index (χ4v) is 2.61. The van der Waals surface area contributed by atoms with E-state index >= 15 is 0 Å². The van der Waals surface area contributed by atoms with Crippen molar-refractivity contribution in [2.45, 2.75) is 20.3 Å². The molecular formula is C18H16ClNO2. The zero-order valence-electron chi connectivity index (χ0n) is 12.7. The number of methoxy groups -OCH3 is 1. The van der Waals surface area contributed by atoms with E-state index in [2.05, 4.69) is 6.07 Å². The van der Waals surface area contributed by atoms with Gasteiger partial charge in [-0.05, 0) is 54.8 Å². The molecule has 3 nitrogen and oxygen atoms in total. The van der Waals surface area contributed by atoms with Crippen LogP contribution in [0.2, 0.25) is 5.02 Å². The topological polar surface area (TPSA) is 50.1 Å². The van der Waals surface area contributed by atoms with Crippen LogP contribution >= 0.6 is 11.6 Å². The number of nitrogens with zero attached hydrogens (tertiary/aromatic N) is 1. The molecule has 0 amide bonds. The van der Waals surface area contributed by atoms with Crippen LogP contribution in [-0.4, -0.2) is 12.9 Å². The summed E-state index contributed by atoms with van der Waals surface area (Å²) in [5.74, 6) is 0.633. The average molecular weight is 314 g/mol. The number of Topliss-reactive ketones (excluding diaryl/α,β-unsaturated/α-hetero) is 1. The smallest absolute Gasteiger partial charge is 0.167 e. The maximum absolute atomic E-state index is 12.5. The van der Waals surface area contributed by atoms with Gasteiger partial charge in [0.05, 0.1) is 18.7 Å². The van der Waals surface area contributed by atoms with Crippen molar-refractivity contribution in [3.63, 3.8) is 0 Å². The van der Waals surface area contributed by atoms with Crippen molar-refractivity contribution in [1.82, 2.24) is 0 Å². The van der Waals surface area contributed by atoms with Gasteiger partial charge in [-0.25, -0.2) is 0 Å². The highest BCUT2D eigenvalue weighted by Crippen LogP contribution is 2.24. The molecule has 0 spiro atoms. The molecule has 0 radical (unpaired) electrons. The van der Waals surface area contributed by atoms with Gasteiger partial charge in [0.2, 0.25) is 0 Å². The van der Waals surface area contributed by atoms with Gasteiger partial charge in [-0.15, -0.1) is 0 Å². The highest BCUT2D eigenvalue weighted by molar-refractivity contribution is 6.31. The van der Waals surface area contributed by atoms with E-state index in [-0.39, 0.29) is 12.2 Å². The SMILES string of the molecule is COc1ccc(CC(=O)c2cc(C)c(C#N)c(C)c2)c(Cl)c1. The van der Waals surface area contributed by atoms with Crippen LogP contribution in [0.1, 0.15) is 32.6 Å². The lowest BCUT2D eigenvalue weighted by Crippen LogP contribution is -2.06. The van der Waals surface area contributed by atoms with Crippen molar-refractivity contribution >= 4 is 17.4 Å². The summed E-state index contributed by atoms with van der Waals surface area (Å²) in [6.45, 7) is 3.67. The van der Waals surface area contributed by atoms with Gasteiger partial charge in [-0.3, -0.25) is 4.79 Å². The summed E-state index contributed by atoms with van der Waals surface area (Å²) in [6, 6.07) is 10.9. The Morgan fingerprint density at radius 1 is 1.23 bits per heavy atom. The number of halogens is 1. The molecule has 4 heteroatoms. The van der Waals surface area contributed by atoms with E-state index < -0.39 is 0 Å². The molecule has 0 saturated carbocycles. The fourth-order valence-electron chi connectivity index (χ4n) is 2.37. The van der Waals surface area contributed by atoms with Gasteiger partial charge in [0.15, 0.2) is 5.78 Å². The van der Waals surface area contributed by atoms with Crippen LogP contribution in [0.4, 0.5) is 0 Å². The van der Waals surface area contributed by atoms with Crippen LogP contribution < -0.4 is 4.74 Å². The summed E-state index contributed by atoms with van der Waals surface area (Å²) >= 11 is 6.17. The Kier molecular flexibility index (Phi) is 4.85. The lowest BCUT2D eigenvalue weighted by Gasteiger charge is -2.09. The number of hydrogen-bond donors (Lipinski definition) is 0. The van der Waals surface area contributed by atoms with Crippen molar-refractivity contribution in [1.29, 1.82) is 5.26 Å². The highest BCUT2D eigenvalue weighted by atomic mass is 35.5. The minimum atomic E-state index is -0.0252. The second-order valence-corrected chi connectivity index (χ2v) is 5.56. The first kappa shape index (κ1) is 16.1. The number of nitriles is 1. The molecule has 22 heavy (non-hydrogen) atoms. The summed E-state index contributed by atoms with van der Waals surface area (Å²) in [7, 11) is 1.57. The van der Waals surface area contributed by atoms with Crippen LogP contribution in [-0.2, 0) is 6.42 Å². The third-order valence-corrected chi connectivity index (χ3v) is 3.93. The molecule has 2 aromatic carbocycles. The van der Waals surface area contributed by atoms with E-state index in [1.54, 1.807) is 37.4 Å². The molecular weight excluding hydrogens is 298 g/mol. The molecule has 0 saturated heterocycles. The largest absolute Gasteiger partial charge is 0.497 e. The average Bonchev–Trinajstić information content (AvgIpc) is 2.48. The van der Waals surface area contributed by atoms with E-state index in [9.17, 15) is 4.79 Å². The van der Waals surface area contributed by atoms with E-state index in [1.807, 2.05) is 13.8 Å². The molecule has 0 aliphatic carbocycles. The van der Waals surface area contributed by atoms with E-state index in [0.717, 1.165) is 16.7 Å². The third-order valence-electron chi connectivity index (χ3n) is 3.58. The molecule has 0 aliphatic heterocycles. The van der Waals surface area contributed by atoms with Crippen molar-refractivity contribution < 1.29 is 9.53 Å². The number of benzene rings is 2. The molecule has 2 rings (SSSR count). The number of carbonyl (C=O) groups excluding carboxylic acids is 1. The summed E-state index contributed by atoms with van der Waals surface area (Å²) in [5, 5.41) is 9.59. The maximum atomic E-state index is 12.5. The minimum Gasteiger partial charge on any atom is -0.497 e. The molecule has 2 aromatic rings. The van der Waals surface area contributed by atoms with Crippen molar-refractivity contribution in [3.8, 4) is 11.8 Å². The zero-order chi connectivity index (χ0) is 16.3. The lowest BCUT2D eigenvalue weighted by molar-refractivity contribution is 0.0993. The zero-order valence-corrected chi connectivity index (χ0v) is 13.5. The monoisotopic (exact) mass is 313 g/mol. The quantitative estimate of drug-likeness (QED) is 0.792. The molecule has 0 bridgehead atoms. The van der Waals surface area contributed by atoms with Crippen molar-refractivity contribution in [3.05, 3.63) is 63.2 Å². The van der Waals surface area contributed by atoms with Gasteiger partial charge in [0, 0.05) is 17.0 Å². The first-order valence-electron chi connectivity index (χ1n) is 6.83. The van der Waals surface area contributed by atoms with E-state index in [4.69, 9.17) is 21.6 Å². The Bertz CT molecular complexity index is 752. The Hall–Kier alpha value is -2.31. The fraction of sp³-hybridized carbons (Fsp3) is 0.222. The Morgan fingerprint density at radius 3 is 2.36 bits per heavy atom. The number of ether oxygens (including phenoxy) is 1. The van der Waals surface area contributed by atoms with Crippen LogP contribution in [0.25, 0.3) is 0 Å². The minimum absolute atomic E-state index is 0.0252. The molecule has 0 fully saturated rings. The normalized spacial score (nSPS) is 10.1. The second-order valence-electron chi connectivity index (χ2n) is 5.15. The molecule has 112 valence electrons. The molecule has 0 aromatic heterocycles. The van der Waals surface area contributed by atoms with E-state index in [1.165, 1.54) is 0 Å². The van der Waals surface area contributed by atoms with Crippen LogP contribution in [0, 0.1) is 25.2 Å². The number of ketones is 1. The van der Waals surface area contributed by atoms with Gasteiger partial charge >= 0.3 is 0 Å². The van der Waals surface area contributed by atoms with Gasteiger partial charge in [-0.1, -0.05) is 17.7 Å². The summed E-state index contributed by atoms with van der Waals surface area (Å²) < 4.78 is 5.10. The molecule has 0 N–H and O–H groups in total. The molecule has 0 aliphatic rings. The second kappa shape index (κ2) is 6.64. The van der Waals surface area contributed by atoms with Crippen molar-refractivity contribution in [2.75, 3.05) is 7.11 Å². The Labute approximate surface area is 135 Å². The number of rotatable bonds is 4. The third kappa shape index (κ3) is 3.29. The maximum Gasteiger partial charge on any atom is 0.167 e. The molecule has 0 unspecified atom stereocenters. The van der Waals surface area contributed by atoms with Crippen LogP contribution in [0.15, 0.2) is 30.3 Å². The predicted octanol–water partition coefficient (Wildman–Crippen LogP) is 4.26. The summed E-state index contributed by atoms with van der Waals surface area (Å²) in [5.41, 5.74) is 3.60. The summed E-state index contributed by atoms with van der Waals surface area (Å²) in [6.07, 6.45) is 0.216. The van der Waals surface area contributed by atoms with Crippen LogP contribution in [0.5, 0.6) is 5.75 Å². The summed E-state index contributed by atoms with van der Waals surface area (Å²) in [4.78, 5) is 12.5. The lowest BCUT2D eigenvalue weighted by atomic mass is 9.96. The predicted molar refractivity (Wildman–Crippen MR) is 86.7 cm³/mol. The highest BCUT2D eigenvalue weighted by Gasteiger charge is 2.13. The number of carbonyl (C=O) groups is 1. The van der Waals surface area contributed by atoms with Gasteiger partial charge in [-0.2, -0.15) is 5.26 Å². The van der Waals surface area contributed by atoms with Gasteiger partial charge in [0.25, 0.3) is 0 Å². The van der Waals surface area contributed by atoms with Crippen molar-refractivity contribution in [2.24, 2.45) is 0 Å². The van der Waals surface area contributed by atoms with Gasteiger partial charge < -0.3 is 4.74 Å². The number of aryl methyl sites for hydroxylation is 2. The first-order valence-corrected chi connectivity index (χ1v) is 7.21. The van der Waals surface area contributed by atoms with E-state index in [0.29, 0.717) is 21.9 Å². The Morgan fingerprint density at radius 2 is 1.86 bits per heavy atom. The molecule has 0 heterocycles.